The van der Waals surface area contributed by atoms with Crippen molar-refractivity contribution in [3.8, 4) is 0 Å². The first kappa shape index (κ1) is 22.8. The molecule has 3 rings (SSSR count). The van der Waals surface area contributed by atoms with Gasteiger partial charge in [0.1, 0.15) is 12.1 Å². The van der Waals surface area contributed by atoms with Gasteiger partial charge >= 0.3 is 12.0 Å². The third-order valence-electron chi connectivity index (χ3n) is 6.42. The molecule has 1 saturated heterocycles. The molecule has 1 aliphatic carbocycles. The second-order valence-corrected chi connectivity index (χ2v) is 8.52. The lowest BCUT2D eigenvalue weighted by Gasteiger charge is -2.36. The Labute approximate surface area is 182 Å². The number of aryl methyl sites for hydroxylation is 1. The number of ether oxygens (including phenoxy) is 1. The zero-order chi connectivity index (χ0) is 22.6. The second kappa shape index (κ2) is 9.49. The van der Waals surface area contributed by atoms with Gasteiger partial charge in [-0.25, -0.2) is 4.79 Å². The summed E-state index contributed by atoms with van der Waals surface area (Å²) < 4.78 is 5.06. The molecule has 1 N–H and O–H groups in total. The van der Waals surface area contributed by atoms with Crippen molar-refractivity contribution in [3.05, 3.63) is 35.4 Å². The molecule has 0 aromatic heterocycles. The number of amides is 4. The van der Waals surface area contributed by atoms with Gasteiger partial charge in [0.05, 0.1) is 0 Å². The zero-order valence-electron chi connectivity index (χ0n) is 18.5. The van der Waals surface area contributed by atoms with Crippen LogP contribution >= 0.6 is 0 Å². The van der Waals surface area contributed by atoms with Gasteiger partial charge in [-0.3, -0.25) is 19.3 Å². The number of nitrogens with zero attached hydrogens (tertiary/aromatic N) is 2. The van der Waals surface area contributed by atoms with Crippen LogP contribution in [0.1, 0.15) is 50.7 Å². The summed E-state index contributed by atoms with van der Waals surface area (Å²) in [4.78, 5) is 52.2. The van der Waals surface area contributed by atoms with Crippen LogP contribution in [0, 0.1) is 5.92 Å². The number of carbonyl (C=O) groups is 4. The first-order valence-corrected chi connectivity index (χ1v) is 10.9. The normalized spacial score (nSPS) is 23.1. The molecule has 2 fully saturated rings. The van der Waals surface area contributed by atoms with Crippen LogP contribution in [0.5, 0.6) is 0 Å². The summed E-state index contributed by atoms with van der Waals surface area (Å²) in [6.45, 7) is 3.49. The van der Waals surface area contributed by atoms with Gasteiger partial charge in [-0.05, 0) is 36.3 Å². The molecule has 2 atom stereocenters. The maximum Gasteiger partial charge on any atom is 0.326 e. The largest absolute Gasteiger partial charge is 0.454 e. The third-order valence-corrected chi connectivity index (χ3v) is 6.42. The average Bonchev–Trinajstić information content (AvgIpc) is 2.99. The number of esters is 1. The van der Waals surface area contributed by atoms with E-state index in [1.165, 1.54) is 10.5 Å². The van der Waals surface area contributed by atoms with E-state index < -0.39 is 30.7 Å². The minimum absolute atomic E-state index is 0.0142. The molecule has 8 nitrogen and oxygen atoms in total. The van der Waals surface area contributed by atoms with E-state index in [9.17, 15) is 19.2 Å². The van der Waals surface area contributed by atoms with Gasteiger partial charge in [-0.2, -0.15) is 0 Å². The number of hydrogen-bond acceptors (Lipinski definition) is 5. The average molecular weight is 430 g/mol. The van der Waals surface area contributed by atoms with E-state index in [2.05, 4.69) is 12.2 Å². The molecule has 31 heavy (non-hydrogen) atoms. The highest BCUT2D eigenvalue weighted by molar-refractivity contribution is 6.09. The molecule has 0 bridgehead atoms. The minimum Gasteiger partial charge on any atom is -0.454 e. The fraction of sp³-hybridized carbons (Fsp3) is 0.565. The van der Waals surface area contributed by atoms with E-state index in [-0.39, 0.29) is 17.7 Å². The molecule has 1 saturated carbocycles. The highest BCUT2D eigenvalue weighted by Crippen LogP contribution is 2.38. The summed E-state index contributed by atoms with van der Waals surface area (Å²) in [5.74, 6) is -1.50. The number of rotatable bonds is 7. The predicted molar refractivity (Wildman–Crippen MR) is 114 cm³/mol. The van der Waals surface area contributed by atoms with E-state index in [0.29, 0.717) is 13.0 Å². The summed E-state index contributed by atoms with van der Waals surface area (Å²) in [5, 5.41) is 2.80. The molecule has 1 aliphatic heterocycles. The number of nitrogens with one attached hydrogen (secondary N) is 1. The number of hydrogen-bond donors (Lipinski definition) is 1. The molecule has 1 aromatic carbocycles. The Balaban J connectivity index is 1.49. The van der Waals surface area contributed by atoms with Crippen LogP contribution in [-0.2, 0) is 32.1 Å². The van der Waals surface area contributed by atoms with Crippen LogP contribution in [0.4, 0.5) is 4.79 Å². The molecule has 0 unspecified atom stereocenters. The van der Waals surface area contributed by atoms with Crippen LogP contribution in [0.25, 0.3) is 0 Å². The van der Waals surface area contributed by atoms with Crippen molar-refractivity contribution in [1.29, 1.82) is 0 Å². The van der Waals surface area contributed by atoms with Crippen LogP contribution in [0.15, 0.2) is 24.3 Å². The standard InChI is InChI=1S/C23H31N3O5/c1-4-17-8-10-18(11-9-17)13-25(3)19(27)15-31-20(28)14-26-21(29)23(24-22(26)30)12-6-5-7-16(23)2/h8-11,16H,4-7,12-15H2,1-3H3,(H,24,30)/t16-,23+/m0/s1. The number of imide groups is 1. The fourth-order valence-electron chi connectivity index (χ4n) is 4.31. The third kappa shape index (κ3) is 4.89. The number of likely N-dealkylation sites (N-methyl/N-ethyl adjacent to an activating group) is 1. The smallest absolute Gasteiger partial charge is 0.326 e. The summed E-state index contributed by atoms with van der Waals surface area (Å²) in [6, 6.07) is 7.40. The number of carbonyl (C=O) groups excluding carboxylic acids is 4. The molecule has 168 valence electrons. The van der Waals surface area contributed by atoms with Crippen LogP contribution in [0.2, 0.25) is 0 Å². The van der Waals surface area contributed by atoms with Crippen LogP contribution in [-0.4, -0.2) is 59.4 Å². The molecule has 2 aliphatic rings. The lowest BCUT2D eigenvalue weighted by atomic mass is 9.73. The number of benzene rings is 1. The molecule has 8 heteroatoms. The van der Waals surface area contributed by atoms with Crippen molar-refractivity contribution >= 4 is 23.8 Å². The first-order valence-electron chi connectivity index (χ1n) is 10.9. The van der Waals surface area contributed by atoms with E-state index >= 15 is 0 Å². The maximum atomic E-state index is 12.9. The quantitative estimate of drug-likeness (QED) is 0.530. The molecule has 4 amide bonds. The molecular formula is C23H31N3O5. The first-order chi connectivity index (χ1) is 14.8. The molecule has 1 heterocycles. The highest BCUT2D eigenvalue weighted by Gasteiger charge is 2.55. The Kier molecular flexibility index (Phi) is 6.97. The molecule has 1 aromatic rings. The zero-order valence-corrected chi connectivity index (χ0v) is 18.5. The van der Waals surface area contributed by atoms with E-state index in [0.717, 1.165) is 36.1 Å². The van der Waals surface area contributed by atoms with Crippen molar-refractivity contribution in [2.45, 2.75) is 58.0 Å². The van der Waals surface area contributed by atoms with Gasteiger partial charge in [0.15, 0.2) is 6.61 Å². The Morgan fingerprint density at radius 2 is 1.87 bits per heavy atom. The van der Waals surface area contributed by atoms with E-state index in [1.54, 1.807) is 7.05 Å². The van der Waals surface area contributed by atoms with E-state index in [4.69, 9.17) is 4.74 Å². The van der Waals surface area contributed by atoms with Crippen LogP contribution in [0.3, 0.4) is 0 Å². The van der Waals surface area contributed by atoms with E-state index in [1.807, 2.05) is 31.2 Å². The summed E-state index contributed by atoms with van der Waals surface area (Å²) >= 11 is 0. The second-order valence-electron chi connectivity index (χ2n) is 8.52. The lowest BCUT2D eigenvalue weighted by molar-refractivity contribution is -0.153. The van der Waals surface area contributed by atoms with Crippen molar-refractivity contribution in [1.82, 2.24) is 15.1 Å². The van der Waals surface area contributed by atoms with Crippen molar-refractivity contribution < 1.29 is 23.9 Å². The maximum absolute atomic E-state index is 12.9. The summed E-state index contributed by atoms with van der Waals surface area (Å²) in [7, 11) is 1.63. The van der Waals surface area contributed by atoms with Crippen molar-refractivity contribution in [3.63, 3.8) is 0 Å². The van der Waals surface area contributed by atoms with Gasteiger partial charge < -0.3 is 15.0 Å². The Morgan fingerprint density at radius 3 is 2.52 bits per heavy atom. The molecular weight excluding hydrogens is 398 g/mol. The molecule has 1 spiro atoms. The lowest BCUT2D eigenvalue weighted by Crippen LogP contribution is -2.54. The number of urea groups is 1. The van der Waals surface area contributed by atoms with Crippen molar-refractivity contribution in [2.24, 2.45) is 5.92 Å². The predicted octanol–water partition coefficient (Wildman–Crippen LogP) is 2.25. The minimum atomic E-state index is -0.918. The summed E-state index contributed by atoms with van der Waals surface area (Å²) in [6.07, 6.45) is 4.25. The fourth-order valence-corrected chi connectivity index (χ4v) is 4.31. The van der Waals surface area contributed by atoms with Gasteiger partial charge in [0, 0.05) is 13.6 Å². The Hall–Kier alpha value is -2.90. The SMILES string of the molecule is CCc1ccc(CN(C)C(=O)COC(=O)CN2C(=O)N[C@@]3(CCCC[C@@H]3C)C2=O)cc1. The summed E-state index contributed by atoms with van der Waals surface area (Å²) in [5.41, 5.74) is 1.28. The van der Waals surface area contributed by atoms with Gasteiger partial charge in [0.2, 0.25) is 0 Å². The van der Waals surface area contributed by atoms with Crippen LogP contribution < -0.4 is 5.32 Å². The molecule has 0 radical (unpaired) electrons. The van der Waals surface area contributed by atoms with Crippen molar-refractivity contribution in [2.75, 3.05) is 20.2 Å². The van der Waals surface area contributed by atoms with Gasteiger partial charge in [-0.15, -0.1) is 0 Å². The topological polar surface area (TPSA) is 96.0 Å². The van der Waals surface area contributed by atoms with Gasteiger partial charge in [0.25, 0.3) is 11.8 Å². The Bertz CT molecular complexity index is 853. The monoisotopic (exact) mass is 429 g/mol. The van der Waals surface area contributed by atoms with Gasteiger partial charge in [-0.1, -0.05) is 51.0 Å². The Morgan fingerprint density at radius 1 is 1.19 bits per heavy atom. The highest BCUT2D eigenvalue weighted by atomic mass is 16.5.